The van der Waals surface area contributed by atoms with E-state index >= 15 is 0 Å². The highest BCUT2D eigenvalue weighted by atomic mass is 19.1. The van der Waals surface area contributed by atoms with Gasteiger partial charge in [0.05, 0.1) is 0 Å². The van der Waals surface area contributed by atoms with Crippen LogP contribution in [0.1, 0.15) is 12.8 Å². The third-order valence-corrected chi connectivity index (χ3v) is 4.40. The lowest BCUT2D eigenvalue weighted by Gasteiger charge is -2.31. The van der Waals surface area contributed by atoms with Crippen molar-refractivity contribution in [3.05, 3.63) is 30.1 Å². The predicted molar refractivity (Wildman–Crippen MR) is 87.7 cm³/mol. The summed E-state index contributed by atoms with van der Waals surface area (Å²) in [5.74, 6) is 1.28. The molecule has 0 atom stereocenters. The van der Waals surface area contributed by atoms with E-state index in [-0.39, 0.29) is 5.82 Å². The second-order valence-corrected chi connectivity index (χ2v) is 5.85. The second kappa shape index (κ2) is 6.54. The second-order valence-electron chi connectivity index (χ2n) is 5.85. The monoisotopic (exact) mass is 319 g/mol. The lowest BCUT2D eigenvalue weighted by Crippen LogP contribution is -2.38. The van der Waals surface area contributed by atoms with Crippen LogP contribution in [0, 0.1) is 5.82 Å². The first-order chi connectivity index (χ1) is 11.1. The minimum absolute atomic E-state index is 0.250. The van der Waals surface area contributed by atoms with Crippen molar-refractivity contribution in [2.75, 3.05) is 37.1 Å². The van der Waals surface area contributed by atoms with Gasteiger partial charge >= 0.3 is 0 Å². The Hall–Kier alpha value is -2.15. The number of ether oxygens (including phenoxy) is 1. The van der Waals surface area contributed by atoms with Crippen LogP contribution in [0.3, 0.4) is 0 Å². The smallest absolute Gasteiger partial charge is 0.232 e. The van der Waals surface area contributed by atoms with Gasteiger partial charge in [-0.3, -0.25) is 4.57 Å². The number of halogens is 1. The molecule has 23 heavy (non-hydrogen) atoms. The van der Waals surface area contributed by atoms with E-state index in [9.17, 15) is 4.39 Å². The highest BCUT2D eigenvalue weighted by Crippen LogP contribution is 2.26. The molecule has 0 spiro atoms. The molecule has 0 bridgehead atoms. The number of nitrogens with zero attached hydrogens (tertiary/aromatic N) is 5. The highest BCUT2D eigenvalue weighted by Gasteiger charge is 2.24. The first kappa shape index (κ1) is 15.7. The quantitative estimate of drug-likeness (QED) is 0.865. The molecule has 0 radical (unpaired) electrons. The molecule has 0 unspecified atom stereocenters. The van der Waals surface area contributed by atoms with Gasteiger partial charge in [0, 0.05) is 46.1 Å². The molecule has 2 aromatic rings. The molecule has 2 heterocycles. The zero-order chi connectivity index (χ0) is 16.4. The lowest BCUT2D eigenvalue weighted by atomic mass is 10.1. The number of rotatable bonds is 4. The molecule has 0 N–H and O–H groups in total. The van der Waals surface area contributed by atoms with Gasteiger partial charge in [0.25, 0.3) is 0 Å². The van der Waals surface area contributed by atoms with Crippen molar-refractivity contribution in [3.8, 4) is 0 Å². The highest BCUT2D eigenvalue weighted by molar-refractivity contribution is 5.57. The minimum Gasteiger partial charge on any atom is -0.381 e. The fourth-order valence-corrected chi connectivity index (χ4v) is 2.93. The Morgan fingerprint density at radius 3 is 2.35 bits per heavy atom. The van der Waals surface area contributed by atoms with Crippen molar-refractivity contribution >= 4 is 17.6 Å². The van der Waals surface area contributed by atoms with Crippen LogP contribution in [0.15, 0.2) is 24.3 Å². The molecule has 124 valence electrons. The average Bonchev–Trinajstić information content (AvgIpc) is 2.96. The van der Waals surface area contributed by atoms with Gasteiger partial charge in [-0.15, -0.1) is 10.2 Å². The molecular weight excluding hydrogens is 297 g/mol. The van der Waals surface area contributed by atoms with Gasteiger partial charge in [-0.1, -0.05) is 0 Å². The first-order valence-electron chi connectivity index (χ1n) is 7.77. The van der Waals surface area contributed by atoms with Gasteiger partial charge in [-0.05, 0) is 37.1 Å². The Balaban J connectivity index is 1.82. The van der Waals surface area contributed by atoms with Crippen LogP contribution in [0.25, 0.3) is 0 Å². The van der Waals surface area contributed by atoms with Crippen LogP contribution in [-0.2, 0) is 11.8 Å². The van der Waals surface area contributed by atoms with Crippen molar-refractivity contribution in [3.63, 3.8) is 0 Å². The molecule has 7 heteroatoms. The summed E-state index contributed by atoms with van der Waals surface area (Å²) < 4.78 is 20.5. The van der Waals surface area contributed by atoms with Crippen molar-refractivity contribution in [2.24, 2.45) is 7.05 Å². The van der Waals surface area contributed by atoms with Crippen molar-refractivity contribution < 1.29 is 9.13 Å². The van der Waals surface area contributed by atoms with Crippen LogP contribution in [-0.4, -0.2) is 48.1 Å². The number of benzene rings is 1. The molecule has 1 aromatic heterocycles. The van der Waals surface area contributed by atoms with Gasteiger partial charge in [0.15, 0.2) is 0 Å². The third-order valence-electron chi connectivity index (χ3n) is 4.40. The zero-order valence-electron chi connectivity index (χ0n) is 13.7. The van der Waals surface area contributed by atoms with Gasteiger partial charge in [-0.25, -0.2) is 4.39 Å². The van der Waals surface area contributed by atoms with Crippen LogP contribution < -0.4 is 9.80 Å². The van der Waals surface area contributed by atoms with E-state index in [1.807, 2.05) is 30.6 Å². The van der Waals surface area contributed by atoms with E-state index in [0.29, 0.717) is 12.0 Å². The van der Waals surface area contributed by atoms with Crippen molar-refractivity contribution in [2.45, 2.75) is 18.9 Å². The maximum absolute atomic E-state index is 13.1. The summed E-state index contributed by atoms with van der Waals surface area (Å²) in [4.78, 5) is 4.06. The van der Waals surface area contributed by atoms with Crippen molar-refractivity contribution in [1.29, 1.82) is 0 Å². The SMILES string of the molecule is CN(c1ccc(F)cc1)c1nnc(N(C)C2CCOCC2)n1C. The molecule has 3 rings (SSSR count). The fourth-order valence-electron chi connectivity index (χ4n) is 2.93. The third kappa shape index (κ3) is 3.14. The molecule has 1 fully saturated rings. The van der Waals surface area contributed by atoms with E-state index in [1.54, 1.807) is 12.1 Å². The number of aromatic nitrogens is 3. The molecule has 1 aromatic carbocycles. The van der Waals surface area contributed by atoms with E-state index in [4.69, 9.17) is 4.74 Å². The average molecular weight is 319 g/mol. The van der Waals surface area contributed by atoms with Gasteiger partial charge in [0.2, 0.25) is 11.9 Å². The Morgan fingerprint density at radius 2 is 1.70 bits per heavy atom. The maximum atomic E-state index is 13.1. The number of hydrogen-bond acceptors (Lipinski definition) is 5. The van der Waals surface area contributed by atoms with Gasteiger partial charge in [-0.2, -0.15) is 0 Å². The standard InChI is InChI=1S/C16H22FN5O/c1-20(13-6-4-12(17)5-7-13)15-18-19-16(22(15)3)21(2)14-8-10-23-11-9-14/h4-7,14H,8-11H2,1-3H3. The Bertz CT molecular complexity index is 651. The van der Waals surface area contributed by atoms with Crippen LogP contribution in [0.4, 0.5) is 22.0 Å². The lowest BCUT2D eigenvalue weighted by molar-refractivity contribution is 0.0851. The summed E-state index contributed by atoms with van der Waals surface area (Å²) in [5.41, 5.74) is 0.863. The normalized spacial score (nSPS) is 15.7. The Kier molecular flexibility index (Phi) is 4.47. The summed E-state index contributed by atoms with van der Waals surface area (Å²) >= 11 is 0. The van der Waals surface area contributed by atoms with Gasteiger partial charge < -0.3 is 14.5 Å². The number of hydrogen-bond donors (Lipinski definition) is 0. The summed E-state index contributed by atoms with van der Waals surface area (Å²) in [6, 6.07) is 6.75. The molecule has 6 nitrogen and oxygen atoms in total. The summed E-state index contributed by atoms with van der Waals surface area (Å²) in [6.45, 7) is 1.57. The minimum atomic E-state index is -0.250. The first-order valence-corrected chi connectivity index (χ1v) is 7.77. The topological polar surface area (TPSA) is 46.4 Å². The summed E-state index contributed by atoms with van der Waals surface area (Å²) in [6.07, 6.45) is 1.99. The van der Waals surface area contributed by atoms with E-state index in [1.165, 1.54) is 12.1 Å². The Labute approximate surface area is 135 Å². The Morgan fingerprint density at radius 1 is 1.09 bits per heavy atom. The molecule has 0 amide bonds. The maximum Gasteiger partial charge on any atom is 0.232 e. The molecule has 0 aliphatic carbocycles. The van der Waals surface area contributed by atoms with Crippen LogP contribution >= 0.6 is 0 Å². The molecule has 1 saturated heterocycles. The van der Waals surface area contributed by atoms with Gasteiger partial charge in [0.1, 0.15) is 5.82 Å². The largest absolute Gasteiger partial charge is 0.381 e. The van der Waals surface area contributed by atoms with E-state index < -0.39 is 0 Å². The van der Waals surface area contributed by atoms with Crippen LogP contribution in [0.5, 0.6) is 0 Å². The van der Waals surface area contributed by atoms with E-state index in [2.05, 4.69) is 15.1 Å². The summed E-state index contributed by atoms with van der Waals surface area (Å²) in [7, 11) is 5.89. The molecular formula is C16H22FN5O. The number of anilines is 3. The van der Waals surface area contributed by atoms with Crippen molar-refractivity contribution in [1.82, 2.24) is 14.8 Å². The molecule has 1 aliphatic rings. The molecule has 1 aliphatic heterocycles. The summed E-state index contributed by atoms with van der Waals surface area (Å²) in [5, 5.41) is 8.64. The van der Waals surface area contributed by atoms with E-state index in [0.717, 1.165) is 37.7 Å². The molecule has 0 saturated carbocycles. The zero-order valence-corrected chi connectivity index (χ0v) is 13.7. The predicted octanol–water partition coefficient (Wildman–Crippen LogP) is 2.34. The van der Waals surface area contributed by atoms with Crippen LogP contribution in [0.2, 0.25) is 0 Å². The fraction of sp³-hybridized carbons (Fsp3) is 0.500.